The second-order valence-electron chi connectivity index (χ2n) is 4.78. The molecule has 7 heteroatoms. The van der Waals surface area contributed by atoms with Gasteiger partial charge in [-0.15, -0.1) is 0 Å². The van der Waals surface area contributed by atoms with Crippen LogP contribution >= 0.6 is 0 Å². The largest absolute Gasteiger partial charge is 0.480 e. The molecule has 0 aromatic heterocycles. The number of non-ortho nitro benzene ring substituents is 1. The van der Waals surface area contributed by atoms with Gasteiger partial charge in [0.2, 0.25) is 5.91 Å². The highest BCUT2D eigenvalue weighted by Crippen LogP contribution is 2.27. The summed E-state index contributed by atoms with van der Waals surface area (Å²) in [6.45, 7) is -0.331. The summed E-state index contributed by atoms with van der Waals surface area (Å²) in [6, 6.07) is 5.86. The third-order valence-electron chi connectivity index (χ3n) is 3.08. The number of carboxylic acids is 1. The van der Waals surface area contributed by atoms with Crippen LogP contribution in [0.15, 0.2) is 30.3 Å². The maximum atomic E-state index is 12.0. The zero-order valence-corrected chi connectivity index (χ0v) is 11.1. The first-order valence-corrected chi connectivity index (χ1v) is 6.42. The molecule has 0 aliphatic heterocycles. The average molecular weight is 290 g/mol. The topological polar surface area (TPSA) is 101 Å². The molecule has 0 unspecified atom stereocenters. The first-order valence-electron chi connectivity index (χ1n) is 6.42. The monoisotopic (exact) mass is 290 g/mol. The Kier molecular flexibility index (Phi) is 4.32. The van der Waals surface area contributed by atoms with Gasteiger partial charge in [0.1, 0.15) is 6.54 Å². The molecule has 0 bridgehead atoms. The Morgan fingerprint density at radius 3 is 2.71 bits per heavy atom. The Hall–Kier alpha value is -2.70. The Bertz CT molecular complexity index is 607. The number of hydrogen-bond acceptors (Lipinski definition) is 4. The number of carbonyl (C=O) groups is 2. The Morgan fingerprint density at radius 2 is 2.14 bits per heavy atom. The van der Waals surface area contributed by atoms with E-state index in [9.17, 15) is 19.7 Å². The first-order chi connectivity index (χ1) is 9.97. The molecule has 21 heavy (non-hydrogen) atoms. The van der Waals surface area contributed by atoms with Crippen LogP contribution in [0.2, 0.25) is 0 Å². The quantitative estimate of drug-likeness (QED) is 0.488. The van der Waals surface area contributed by atoms with Gasteiger partial charge in [0.05, 0.1) is 4.92 Å². The Balaban J connectivity index is 2.08. The molecule has 1 aliphatic rings. The van der Waals surface area contributed by atoms with Crippen molar-refractivity contribution >= 4 is 23.6 Å². The van der Waals surface area contributed by atoms with Crippen molar-refractivity contribution < 1.29 is 19.6 Å². The third-order valence-corrected chi connectivity index (χ3v) is 3.08. The smallest absolute Gasteiger partial charge is 0.323 e. The molecule has 1 N–H and O–H groups in total. The van der Waals surface area contributed by atoms with Gasteiger partial charge in [-0.25, -0.2) is 0 Å². The van der Waals surface area contributed by atoms with Crippen LogP contribution in [0, 0.1) is 10.1 Å². The molecular weight excluding hydrogens is 276 g/mol. The van der Waals surface area contributed by atoms with E-state index in [2.05, 4.69) is 0 Å². The van der Waals surface area contributed by atoms with Gasteiger partial charge in [0.15, 0.2) is 0 Å². The number of hydrogen-bond donors (Lipinski definition) is 1. The highest BCUT2D eigenvalue weighted by Gasteiger charge is 2.32. The Labute approximate surface area is 120 Å². The van der Waals surface area contributed by atoms with E-state index in [0.717, 1.165) is 12.8 Å². The minimum absolute atomic E-state index is 0.0108. The first kappa shape index (κ1) is 14.7. The van der Waals surface area contributed by atoms with Gasteiger partial charge in [-0.2, -0.15) is 0 Å². The van der Waals surface area contributed by atoms with Crippen molar-refractivity contribution in [3.63, 3.8) is 0 Å². The van der Waals surface area contributed by atoms with Crippen molar-refractivity contribution in [1.82, 2.24) is 4.90 Å². The second-order valence-corrected chi connectivity index (χ2v) is 4.78. The molecule has 2 rings (SSSR count). The summed E-state index contributed by atoms with van der Waals surface area (Å²) in [5.41, 5.74) is 0.456. The number of nitrogens with zero attached hydrogens (tertiary/aromatic N) is 2. The van der Waals surface area contributed by atoms with Crippen LogP contribution in [-0.2, 0) is 9.59 Å². The molecule has 110 valence electrons. The van der Waals surface area contributed by atoms with E-state index < -0.39 is 16.8 Å². The number of aliphatic carboxylic acids is 1. The molecule has 0 radical (unpaired) electrons. The van der Waals surface area contributed by atoms with Crippen molar-refractivity contribution in [1.29, 1.82) is 0 Å². The van der Waals surface area contributed by atoms with Crippen molar-refractivity contribution in [2.24, 2.45) is 0 Å². The molecule has 0 atom stereocenters. The number of amides is 1. The normalized spacial score (nSPS) is 14.1. The van der Waals surface area contributed by atoms with Gasteiger partial charge in [-0.1, -0.05) is 12.1 Å². The van der Waals surface area contributed by atoms with Gasteiger partial charge < -0.3 is 10.0 Å². The van der Waals surface area contributed by atoms with E-state index in [4.69, 9.17) is 5.11 Å². The minimum atomic E-state index is -1.06. The van der Waals surface area contributed by atoms with Gasteiger partial charge in [0, 0.05) is 24.3 Å². The van der Waals surface area contributed by atoms with Gasteiger partial charge >= 0.3 is 5.97 Å². The number of carbonyl (C=O) groups excluding carboxylic acids is 1. The van der Waals surface area contributed by atoms with Crippen molar-refractivity contribution in [2.75, 3.05) is 6.54 Å². The molecule has 1 saturated carbocycles. The van der Waals surface area contributed by atoms with E-state index in [1.54, 1.807) is 6.07 Å². The highest BCUT2D eigenvalue weighted by atomic mass is 16.6. The van der Waals surface area contributed by atoms with Crippen molar-refractivity contribution in [3.8, 4) is 0 Å². The van der Waals surface area contributed by atoms with E-state index in [1.807, 2.05) is 0 Å². The molecule has 1 aromatic carbocycles. The number of rotatable bonds is 6. The van der Waals surface area contributed by atoms with Crippen LogP contribution in [0.1, 0.15) is 18.4 Å². The van der Waals surface area contributed by atoms with Gasteiger partial charge in [-0.05, 0) is 24.5 Å². The van der Waals surface area contributed by atoms with E-state index in [0.29, 0.717) is 5.56 Å². The fraction of sp³-hybridized carbons (Fsp3) is 0.286. The molecule has 0 saturated heterocycles. The SMILES string of the molecule is O=C(O)CN(C(=O)C=Cc1cccc([N+](=O)[O-])c1)C1CC1. The molecule has 7 nitrogen and oxygen atoms in total. The molecule has 1 fully saturated rings. The number of nitro groups is 1. The lowest BCUT2D eigenvalue weighted by atomic mass is 10.2. The second kappa shape index (κ2) is 6.17. The predicted octanol–water partition coefficient (Wildman–Crippen LogP) is 1.68. The standard InChI is InChI=1S/C14H14N2O5/c17-13(15(9-14(18)19)11-5-6-11)7-4-10-2-1-3-12(8-10)16(20)21/h1-4,7-8,11H,5-6,9H2,(H,18,19). The lowest BCUT2D eigenvalue weighted by Gasteiger charge is -2.17. The zero-order valence-electron chi connectivity index (χ0n) is 11.1. The van der Waals surface area contributed by atoms with E-state index in [-0.39, 0.29) is 18.3 Å². The van der Waals surface area contributed by atoms with Crippen molar-refractivity contribution in [3.05, 3.63) is 46.0 Å². The zero-order chi connectivity index (χ0) is 15.4. The van der Waals surface area contributed by atoms with Crippen LogP contribution in [0.3, 0.4) is 0 Å². The lowest BCUT2D eigenvalue weighted by molar-refractivity contribution is -0.384. The maximum Gasteiger partial charge on any atom is 0.323 e. The summed E-state index contributed by atoms with van der Waals surface area (Å²) < 4.78 is 0. The van der Waals surface area contributed by atoms with Gasteiger partial charge in [0.25, 0.3) is 5.69 Å². The number of carboxylic acid groups (broad SMARTS) is 1. The molecule has 0 heterocycles. The van der Waals surface area contributed by atoms with Crippen LogP contribution in [0.4, 0.5) is 5.69 Å². The molecule has 1 aliphatic carbocycles. The summed E-state index contributed by atoms with van der Waals surface area (Å²) in [5, 5.41) is 19.5. The molecule has 1 aromatic rings. The fourth-order valence-corrected chi connectivity index (χ4v) is 1.92. The van der Waals surface area contributed by atoms with E-state index >= 15 is 0 Å². The van der Waals surface area contributed by atoms with Crippen LogP contribution in [0.5, 0.6) is 0 Å². The highest BCUT2D eigenvalue weighted by molar-refractivity contribution is 5.94. The number of benzene rings is 1. The van der Waals surface area contributed by atoms with Crippen LogP contribution in [-0.4, -0.2) is 39.4 Å². The molecular formula is C14H14N2O5. The summed E-state index contributed by atoms with van der Waals surface area (Å²) in [7, 11) is 0. The average Bonchev–Trinajstić information content (AvgIpc) is 3.26. The van der Waals surface area contributed by atoms with Gasteiger partial charge in [-0.3, -0.25) is 19.7 Å². The third kappa shape index (κ3) is 4.13. The van der Waals surface area contributed by atoms with Crippen molar-refractivity contribution in [2.45, 2.75) is 18.9 Å². The lowest BCUT2D eigenvalue weighted by Crippen LogP contribution is -2.36. The maximum absolute atomic E-state index is 12.0. The number of nitro benzene ring substituents is 1. The minimum Gasteiger partial charge on any atom is -0.480 e. The van der Waals surface area contributed by atoms with Crippen LogP contribution in [0.25, 0.3) is 6.08 Å². The summed E-state index contributed by atoms with van der Waals surface area (Å²) >= 11 is 0. The predicted molar refractivity (Wildman–Crippen MR) is 74.5 cm³/mol. The molecule has 1 amide bonds. The summed E-state index contributed by atoms with van der Waals surface area (Å²) in [5.74, 6) is -1.45. The fourth-order valence-electron chi connectivity index (χ4n) is 1.92. The van der Waals surface area contributed by atoms with E-state index in [1.165, 1.54) is 35.3 Å². The summed E-state index contributed by atoms with van der Waals surface area (Å²) in [6.07, 6.45) is 4.32. The molecule has 0 spiro atoms. The Morgan fingerprint density at radius 1 is 1.43 bits per heavy atom. The van der Waals surface area contributed by atoms with Crippen LogP contribution < -0.4 is 0 Å². The summed E-state index contributed by atoms with van der Waals surface area (Å²) in [4.78, 5) is 34.2.